The Morgan fingerprint density at radius 3 is 2.72 bits per heavy atom. The molecule has 1 N–H and O–H groups in total. The summed E-state index contributed by atoms with van der Waals surface area (Å²) in [5.41, 5.74) is 0.378. The number of aromatic nitrogens is 6. The first kappa shape index (κ1) is 23.9. The molecule has 36 heavy (non-hydrogen) atoms. The number of carbonyl (C=O) groups is 1. The maximum atomic E-state index is 13.5. The van der Waals surface area contributed by atoms with Gasteiger partial charge in [-0.3, -0.25) is 18.7 Å². The second kappa shape index (κ2) is 8.71. The minimum atomic E-state index is -1.20. The molecule has 0 aliphatic carbocycles. The number of amides is 1. The Kier molecular flexibility index (Phi) is 5.80. The summed E-state index contributed by atoms with van der Waals surface area (Å²) >= 11 is 0. The number of aliphatic hydroxyl groups is 1. The van der Waals surface area contributed by atoms with E-state index in [1.54, 1.807) is 49.0 Å². The summed E-state index contributed by atoms with van der Waals surface area (Å²) in [4.78, 5) is 49.2. The molecule has 0 radical (unpaired) electrons. The van der Waals surface area contributed by atoms with Gasteiger partial charge in [0.15, 0.2) is 11.2 Å². The van der Waals surface area contributed by atoms with Crippen molar-refractivity contribution in [3.63, 3.8) is 0 Å². The van der Waals surface area contributed by atoms with Crippen LogP contribution in [-0.2, 0) is 25.4 Å². The van der Waals surface area contributed by atoms with Crippen LogP contribution in [0.25, 0.3) is 22.2 Å². The van der Waals surface area contributed by atoms with Gasteiger partial charge in [0.25, 0.3) is 11.5 Å². The van der Waals surface area contributed by atoms with Gasteiger partial charge in [-0.1, -0.05) is 0 Å². The molecule has 0 spiro atoms. The van der Waals surface area contributed by atoms with Gasteiger partial charge < -0.3 is 23.9 Å². The molecule has 12 nitrogen and oxygen atoms in total. The molecular formula is C24H29N7O5. The van der Waals surface area contributed by atoms with Crippen LogP contribution >= 0.6 is 0 Å². The Labute approximate surface area is 206 Å². The highest BCUT2D eigenvalue weighted by atomic mass is 16.5. The number of carbonyl (C=O) groups excluding carboxylic acids is 1. The third kappa shape index (κ3) is 3.73. The highest BCUT2D eigenvalue weighted by molar-refractivity contribution is 5.97. The van der Waals surface area contributed by atoms with Crippen LogP contribution in [0.2, 0.25) is 0 Å². The van der Waals surface area contributed by atoms with Crippen LogP contribution in [0.5, 0.6) is 0 Å². The van der Waals surface area contributed by atoms with Crippen molar-refractivity contribution in [2.75, 3.05) is 26.8 Å². The van der Waals surface area contributed by atoms with Crippen LogP contribution in [0, 0.1) is 0 Å². The number of aryl methyl sites for hydroxylation is 1. The van der Waals surface area contributed by atoms with Gasteiger partial charge in [-0.05, 0) is 31.5 Å². The molecule has 3 aromatic heterocycles. The van der Waals surface area contributed by atoms with Crippen molar-refractivity contribution in [2.24, 2.45) is 14.1 Å². The summed E-state index contributed by atoms with van der Waals surface area (Å²) in [6.07, 6.45) is 3.49. The predicted octanol–water partition coefficient (Wildman–Crippen LogP) is 0.268. The molecule has 5 rings (SSSR count). The van der Waals surface area contributed by atoms with E-state index in [4.69, 9.17) is 4.74 Å². The average Bonchev–Trinajstić information content (AvgIpc) is 3.48. The van der Waals surface area contributed by atoms with E-state index in [0.29, 0.717) is 37.2 Å². The van der Waals surface area contributed by atoms with Gasteiger partial charge in [0.05, 0.1) is 41.9 Å². The molecule has 190 valence electrons. The number of benzene rings is 1. The number of fused-ring (bicyclic) bond motifs is 2. The van der Waals surface area contributed by atoms with E-state index < -0.39 is 22.9 Å². The molecular weight excluding hydrogens is 466 g/mol. The first-order valence-corrected chi connectivity index (χ1v) is 11.7. The molecule has 1 amide bonds. The summed E-state index contributed by atoms with van der Waals surface area (Å²) in [6.45, 7) is 3.43. The topological polar surface area (TPSA) is 129 Å². The van der Waals surface area contributed by atoms with Crippen LogP contribution in [-0.4, -0.2) is 76.6 Å². The number of piperidine rings is 1. The predicted molar refractivity (Wildman–Crippen MR) is 132 cm³/mol. The number of hydrogen-bond acceptors (Lipinski definition) is 7. The first-order chi connectivity index (χ1) is 17.1. The maximum Gasteiger partial charge on any atom is 0.332 e. The summed E-state index contributed by atoms with van der Waals surface area (Å²) in [5, 5.41) is 11.2. The molecule has 12 heteroatoms. The van der Waals surface area contributed by atoms with E-state index in [-0.39, 0.29) is 23.6 Å². The zero-order valence-electron chi connectivity index (χ0n) is 20.7. The fraction of sp³-hybridized carbons (Fsp3) is 0.458. The second-order valence-electron chi connectivity index (χ2n) is 9.54. The van der Waals surface area contributed by atoms with Crippen LogP contribution in [0.15, 0.2) is 40.4 Å². The van der Waals surface area contributed by atoms with Crippen LogP contribution in [0.1, 0.15) is 29.7 Å². The Balaban J connectivity index is 1.48. The molecule has 1 fully saturated rings. The van der Waals surface area contributed by atoms with Crippen molar-refractivity contribution in [1.29, 1.82) is 0 Å². The Morgan fingerprint density at radius 1 is 1.19 bits per heavy atom. The summed E-state index contributed by atoms with van der Waals surface area (Å²) in [6, 6.07) is 4.77. The van der Waals surface area contributed by atoms with E-state index in [0.717, 1.165) is 10.1 Å². The quantitative estimate of drug-likeness (QED) is 0.421. The van der Waals surface area contributed by atoms with Gasteiger partial charge in [0.1, 0.15) is 0 Å². The third-order valence-electron chi connectivity index (χ3n) is 7.20. The summed E-state index contributed by atoms with van der Waals surface area (Å²) in [7, 11) is 4.59. The van der Waals surface area contributed by atoms with Crippen LogP contribution < -0.4 is 11.2 Å². The number of imidazole rings is 2. The molecule has 0 saturated carbocycles. The van der Waals surface area contributed by atoms with Gasteiger partial charge in [-0.15, -0.1) is 0 Å². The third-order valence-corrected chi connectivity index (χ3v) is 7.20. The van der Waals surface area contributed by atoms with Crippen molar-refractivity contribution in [3.05, 3.63) is 57.3 Å². The highest BCUT2D eigenvalue weighted by Crippen LogP contribution is 2.34. The fourth-order valence-electron chi connectivity index (χ4n) is 4.94. The van der Waals surface area contributed by atoms with Crippen LogP contribution in [0.3, 0.4) is 0 Å². The van der Waals surface area contributed by atoms with E-state index in [1.807, 2.05) is 10.6 Å². The minimum Gasteiger partial charge on any atom is -0.388 e. The number of hydrogen-bond donors (Lipinski definition) is 1. The van der Waals surface area contributed by atoms with E-state index in [1.165, 1.54) is 17.9 Å². The van der Waals surface area contributed by atoms with E-state index >= 15 is 0 Å². The summed E-state index contributed by atoms with van der Waals surface area (Å²) in [5.74, 6) is -0.187. The number of rotatable bonds is 5. The molecule has 1 saturated heterocycles. The van der Waals surface area contributed by atoms with Crippen molar-refractivity contribution < 1.29 is 14.6 Å². The van der Waals surface area contributed by atoms with Crippen molar-refractivity contribution in [3.8, 4) is 0 Å². The smallest absolute Gasteiger partial charge is 0.332 e. The fourth-order valence-corrected chi connectivity index (χ4v) is 4.94. The normalized spacial score (nSPS) is 20.5. The summed E-state index contributed by atoms with van der Waals surface area (Å²) < 4.78 is 11.0. The first-order valence-electron chi connectivity index (χ1n) is 11.7. The van der Waals surface area contributed by atoms with Gasteiger partial charge in [0, 0.05) is 46.4 Å². The van der Waals surface area contributed by atoms with E-state index in [9.17, 15) is 19.5 Å². The lowest BCUT2D eigenvalue weighted by Gasteiger charge is -2.43. The molecule has 4 heterocycles. The standard InChI is InChI=1S/C24H29N7O5/c1-24(35)7-8-29(21(32)15-5-6-17-16(11-15)25-13-30(17)9-10-36-4)12-18(24)31-14-26-20-19(31)22(33)28(3)23(34)27(20)2/h5-6,11,13-14,18,35H,7-10,12H2,1-4H3/t18-,24-/m0/s1. The molecule has 0 unspecified atom stereocenters. The molecule has 1 aromatic carbocycles. The van der Waals surface area contributed by atoms with Crippen molar-refractivity contribution >= 4 is 28.1 Å². The monoisotopic (exact) mass is 495 g/mol. The Morgan fingerprint density at radius 2 is 1.97 bits per heavy atom. The lowest BCUT2D eigenvalue weighted by atomic mass is 9.87. The molecule has 4 aromatic rings. The second-order valence-corrected chi connectivity index (χ2v) is 9.54. The maximum absolute atomic E-state index is 13.5. The van der Waals surface area contributed by atoms with E-state index in [2.05, 4.69) is 9.97 Å². The Hall–Kier alpha value is -3.77. The van der Waals surface area contributed by atoms with Gasteiger partial charge in [-0.25, -0.2) is 14.8 Å². The van der Waals surface area contributed by atoms with Crippen molar-refractivity contribution in [1.82, 2.24) is 33.1 Å². The highest BCUT2D eigenvalue weighted by Gasteiger charge is 2.41. The Bertz CT molecular complexity index is 1590. The number of methoxy groups -OCH3 is 1. The number of likely N-dealkylation sites (tertiary alicyclic amines) is 1. The minimum absolute atomic E-state index is 0.170. The zero-order chi connectivity index (χ0) is 25.8. The number of ether oxygens (including phenoxy) is 1. The largest absolute Gasteiger partial charge is 0.388 e. The molecule has 1 aliphatic heterocycles. The lowest BCUT2D eigenvalue weighted by Crippen LogP contribution is -2.53. The molecule has 1 aliphatic rings. The van der Waals surface area contributed by atoms with Gasteiger partial charge in [0.2, 0.25) is 0 Å². The number of nitrogens with zero attached hydrogens (tertiary/aromatic N) is 7. The zero-order valence-corrected chi connectivity index (χ0v) is 20.7. The lowest BCUT2D eigenvalue weighted by molar-refractivity contribution is -0.0432. The average molecular weight is 496 g/mol. The van der Waals surface area contributed by atoms with Crippen LogP contribution in [0.4, 0.5) is 0 Å². The SMILES string of the molecule is COCCn1cnc2cc(C(=O)N3CC[C@](C)(O)[C@@H](n4cnc5c4c(=O)n(C)c(=O)n5C)C3)ccc21. The molecule has 2 atom stereocenters. The van der Waals surface area contributed by atoms with Gasteiger partial charge in [-0.2, -0.15) is 0 Å². The van der Waals surface area contributed by atoms with Gasteiger partial charge >= 0.3 is 5.69 Å². The van der Waals surface area contributed by atoms with Crippen molar-refractivity contribution in [2.45, 2.75) is 31.5 Å². The molecule has 0 bridgehead atoms.